The van der Waals surface area contributed by atoms with Gasteiger partial charge in [-0.25, -0.2) is 0 Å². The van der Waals surface area contributed by atoms with Gasteiger partial charge in [0, 0.05) is 6.54 Å². The number of rotatable bonds is 3. The highest BCUT2D eigenvalue weighted by Gasteiger charge is 2.00. The molecule has 0 bridgehead atoms. The van der Waals surface area contributed by atoms with Gasteiger partial charge in [0.15, 0.2) is 0 Å². The fourth-order valence-corrected chi connectivity index (χ4v) is 1.38. The average molecular weight is 231 g/mol. The Hall–Kier alpha value is -2.37. The van der Waals surface area contributed by atoms with Crippen molar-refractivity contribution in [3.63, 3.8) is 0 Å². The maximum absolute atomic E-state index is 9.14. The second-order valence-electron chi connectivity index (χ2n) is 3.58. The van der Waals surface area contributed by atoms with Gasteiger partial charge in [-0.1, -0.05) is 12.1 Å². The minimum Gasteiger partial charge on any atom is -0.508 e. The number of nitrogen functional groups attached to an aromatic ring is 1. The molecule has 6 heteroatoms. The van der Waals surface area contributed by atoms with Crippen molar-refractivity contribution in [2.45, 2.75) is 13.5 Å². The lowest BCUT2D eigenvalue weighted by Crippen LogP contribution is -2.08. The molecule has 0 amide bonds. The number of hydrogen-bond donors (Lipinski definition) is 3. The molecule has 1 heterocycles. The van der Waals surface area contributed by atoms with Crippen molar-refractivity contribution in [3.05, 3.63) is 35.7 Å². The highest BCUT2D eigenvalue weighted by atomic mass is 16.3. The summed E-state index contributed by atoms with van der Waals surface area (Å²) < 4.78 is 0. The normalized spacial score (nSPS) is 10.2. The van der Waals surface area contributed by atoms with Crippen molar-refractivity contribution < 1.29 is 5.11 Å². The van der Waals surface area contributed by atoms with Crippen LogP contribution in [0.3, 0.4) is 0 Å². The zero-order chi connectivity index (χ0) is 12.3. The van der Waals surface area contributed by atoms with E-state index in [2.05, 4.69) is 20.3 Å². The van der Waals surface area contributed by atoms with Crippen LogP contribution in [-0.4, -0.2) is 20.1 Å². The maximum atomic E-state index is 9.14. The molecular formula is C11H13N5O. The van der Waals surface area contributed by atoms with Gasteiger partial charge in [0.2, 0.25) is 11.9 Å². The van der Waals surface area contributed by atoms with Gasteiger partial charge in [-0.2, -0.15) is 15.0 Å². The van der Waals surface area contributed by atoms with Crippen molar-refractivity contribution in [3.8, 4) is 5.75 Å². The zero-order valence-corrected chi connectivity index (χ0v) is 9.38. The lowest BCUT2D eigenvalue weighted by molar-refractivity contribution is 0.475. The minimum atomic E-state index is 0.200. The Morgan fingerprint density at radius 3 is 2.53 bits per heavy atom. The number of nitrogens with one attached hydrogen (secondary N) is 1. The number of nitrogens with two attached hydrogens (primary N) is 1. The van der Waals surface area contributed by atoms with Crippen LogP contribution in [0, 0.1) is 6.92 Å². The molecule has 0 aliphatic heterocycles. The molecule has 4 N–H and O–H groups in total. The molecule has 2 aromatic rings. The van der Waals surface area contributed by atoms with Gasteiger partial charge in [0.25, 0.3) is 0 Å². The summed E-state index contributed by atoms with van der Waals surface area (Å²) in [5, 5.41) is 12.2. The first-order valence-electron chi connectivity index (χ1n) is 5.13. The van der Waals surface area contributed by atoms with E-state index in [1.165, 1.54) is 0 Å². The maximum Gasteiger partial charge on any atom is 0.227 e. The lowest BCUT2D eigenvalue weighted by Gasteiger charge is -2.05. The first-order valence-corrected chi connectivity index (χ1v) is 5.13. The summed E-state index contributed by atoms with van der Waals surface area (Å²) in [5.74, 6) is 1.47. The lowest BCUT2D eigenvalue weighted by atomic mass is 10.2. The highest BCUT2D eigenvalue weighted by molar-refractivity contribution is 5.33. The Bertz CT molecular complexity index is 492. The molecular weight excluding hydrogens is 218 g/mol. The summed E-state index contributed by atoms with van der Waals surface area (Å²) in [6, 6.07) is 6.90. The summed E-state index contributed by atoms with van der Waals surface area (Å²) in [6.07, 6.45) is 0. The van der Waals surface area contributed by atoms with Crippen LogP contribution < -0.4 is 11.1 Å². The van der Waals surface area contributed by atoms with Crippen LogP contribution in [0.1, 0.15) is 11.4 Å². The Morgan fingerprint density at radius 2 is 1.88 bits per heavy atom. The van der Waals surface area contributed by atoms with Gasteiger partial charge in [-0.15, -0.1) is 0 Å². The van der Waals surface area contributed by atoms with Crippen molar-refractivity contribution in [1.82, 2.24) is 15.0 Å². The molecule has 2 rings (SSSR count). The average Bonchev–Trinajstić information content (AvgIpc) is 2.27. The van der Waals surface area contributed by atoms with Gasteiger partial charge in [-0.3, -0.25) is 0 Å². The molecule has 88 valence electrons. The molecule has 0 spiro atoms. The third kappa shape index (κ3) is 3.04. The summed E-state index contributed by atoms with van der Waals surface area (Å²) in [5.41, 5.74) is 6.53. The number of aromatic hydroxyl groups is 1. The standard InChI is InChI=1S/C11H13N5O/c1-7-14-10(12)16-11(15-7)13-6-8-2-4-9(17)5-3-8/h2-5,17H,6H2,1H3,(H3,12,13,14,15,16). The number of phenols is 1. The number of phenolic OH excluding ortho intramolecular Hbond substituents is 1. The molecule has 1 aromatic heterocycles. The van der Waals surface area contributed by atoms with Gasteiger partial charge in [0.1, 0.15) is 11.6 Å². The molecule has 0 saturated heterocycles. The second-order valence-corrected chi connectivity index (χ2v) is 3.58. The quantitative estimate of drug-likeness (QED) is 0.731. The summed E-state index contributed by atoms with van der Waals surface area (Å²) in [6.45, 7) is 2.31. The molecule has 0 aliphatic carbocycles. The van der Waals surface area contributed by atoms with E-state index in [-0.39, 0.29) is 11.7 Å². The van der Waals surface area contributed by atoms with Crippen LogP contribution >= 0.6 is 0 Å². The summed E-state index contributed by atoms with van der Waals surface area (Å²) in [7, 11) is 0. The Kier molecular flexibility index (Phi) is 3.04. The monoisotopic (exact) mass is 231 g/mol. The summed E-state index contributed by atoms with van der Waals surface area (Å²) >= 11 is 0. The van der Waals surface area contributed by atoms with Crippen LogP contribution in [0.2, 0.25) is 0 Å². The molecule has 1 aromatic carbocycles. The van der Waals surface area contributed by atoms with Crippen LogP contribution in [0.5, 0.6) is 5.75 Å². The predicted octanol–water partition coefficient (Wildman–Crippen LogP) is 1.08. The number of aryl methyl sites for hydroxylation is 1. The van der Waals surface area contributed by atoms with Crippen LogP contribution in [0.4, 0.5) is 11.9 Å². The van der Waals surface area contributed by atoms with Crippen molar-refractivity contribution in [1.29, 1.82) is 0 Å². The largest absolute Gasteiger partial charge is 0.508 e. The first kappa shape index (κ1) is 11.1. The Balaban J connectivity index is 2.04. The van der Waals surface area contributed by atoms with E-state index < -0.39 is 0 Å². The van der Waals surface area contributed by atoms with Crippen molar-refractivity contribution in [2.75, 3.05) is 11.1 Å². The van der Waals surface area contributed by atoms with Gasteiger partial charge in [0.05, 0.1) is 0 Å². The SMILES string of the molecule is Cc1nc(N)nc(NCc2ccc(O)cc2)n1. The van der Waals surface area contributed by atoms with E-state index in [0.29, 0.717) is 18.3 Å². The van der Waals surface area contributed by atoms with E-state index in [0.717, 1.165) is 5.56 Å². The number of aromatic nitrogens is 3. The van der Waals surface area contributed by atoms with Gasteiger partial charge >= 0.3 is 0 Å². The third-order valence-corrected chi connectivity index (χ3v) is 2.15. The van der Waals surface area contributed by atoms with Crippen molar-refractivity contribution >= 4 is 11.9 Å². The topological polar surface area (TPSA) is 97.0 Å². The predicted molar refractivity (Wildman–Crippen MR) is 64.4 cm³/mol. The van der Waals surface area contributed by atoms with E-state index in [4.69, 9.17) is 10.8 Å². The highest BCUT2D eigenvalue weighted by Crippen LogP contribution is 2.11. The van der Waals surface area contributed by atoms with Crippen LogP contribution in [-0.2, 0) is 6.54 Å². The number of benzene rings is 1. The van der Waals surface area contributed by atoms with Gasteiger partial charge in [-0.05, 0) is 24.6 Å². The van der Waals surface area contributed by atoms with E-state index in [9.17, 15) is 0 Å². The zero-order valence-electron chi connectivity index (χ0n) is 9.38. The number of hydrogen-bond acceptors (Lipinski definition) is 6. The second kappa shape index (κ2) is 4.65. The van der Waals surface area contributed by atoms with Gasteiger partial charge < -0.3 is 16.2 Å². The van der Waals surface area contributed by atoms with Crippen LogP contribution in [0.25, 0.3) is 0 Å². The Morgan fingerprint density at radius 1 is 1.18 bits per heavy atom. The fourth-order valence-electron chi connectivity index (χ4n) is 1.38. The number of nitrogens with zero attached hydrogens (tertiary/aromatic N) is 3. The van der Waals surface area contributed by atoms with E-state index in [1.807, 2.05) is 12.1 Å². The molecule has 0 radical (unpaired) electrons. The summed E-state index contributed by atoms with van der Waals surface area (Å²) in [4.78, 5) is 11.9. The molecule has 0 unspecified atom stereocenters. The van der Waals surface area contributed by atoms with E-state index in [1.54, 1.807) is 19.1 Å². The number of anilines is 2. The smallest absolute Gasteiger partial charge is 0.227 e. The molecule has 6 nitrogen and oxygen atoms in total. The molecule has 0 saturated carbocycles. The Labute approximate surface area is 98.6 Å². The molecule has 0 aliphatic rings. The molecule has 17 heavy (non-hydrogen) atoms. The third-order valence-electron chi connectivity index (χ3n) is 2.15. The van der Waals surface area contributed by atoms with E-state index >= 15 is 0 Å². The minimum absolute atomic E-state index is 0.200. The fraction of sp³-hybridized carbons (Fsp3) is 0.182. The first-order chi connectivity index (χ1) is 8.13. The van der Waals surface area contributed by atoms with Crippen LogP contribution in [0.15, 0.2) is 24.3 Å². The molecule has 0 fully saturated rings. The molecule has 0 atom stereocenters. The van der Waals surface area contributed by atoms with Crippen molar-refractivity contribution in [2.24, 2.45) is 0 Å².